The predicted molar refractivity (Wildman–Crippen MR) is 133 cm³/mol. The normalized spacial score (nSPS) is 14.1. The molecular weight excluding hydrogens is 470 g/mol. The van der Waals surface area contributed by atoms with Crippen molar-refractivity contribution < 1.29 is 17.6 Å². The number of hydrogen-bond donors (Lipinski definition) is 0. The monoisotopic (exact) mass is 495 g/mol. The van der Waals surface area contributed by atoms with Crippen molar-refractivity contribution in [3.05, 3.63) is 77.7 Å². The number of benzene rings is 2. The van der Waals surface area contributed by atoms with Crippen LogP contribution in [0.25, 0.3) is 10.2 Å². The number of thiazole rings is 1. The van der Waals surface area contributed by atoms with E-state index < -0.39 is 10.0 Å². The van der Waals surface area contributed by atoms with Gasteiger partial charge in [-0.05, 0) is 73.4 Å². The van der Waals surface area contributed by atoms with E-state index in [-0.39, 0.29) is 23.4 Å². The Hall–Kier alpha value is -3.01. The Kier molecular flexibility index (Phi) is 6.01. The summed E-state index contributed by atoms with van der Waals surface area (Å²) in [6, 6.07) is 15.9. The molecule has 4 aromatic rings. The molecule has 0 bridgehead atoms. The Bertz CT molecular complexity index is 1420. The maximum Gasteiger partial charge on any atom is 0.260 e. The van der Waals surface area contributed by atoms with Crippen molar-refractivity contribution in [3.8, 4) is 0 Å². The average molecular weight is 496 g/mol. The Morgan fingerprint density at radius 2 is 1.91 bits per heavy atom. The summed E-state index contributed by atoms with van der Waals surface area (Å²) in [5.74, 6) is 0.359. The van der Waals surface area contributed by atoms with Crippen molar-refractivity contribution in [2.75, 3.05) is 11.9 Å². The summed E-state index contributed by atoms with van der Waals surface area (Å²) in [5.41, 5.74) is 2.42. The van der Waals surface area contributed by atoms with Crippen LogP contribution in [0.1, 0.15) is 41.4 Å². The predicted octanol–water partition coefficient (Wildman–Crippen LogP) is 5.08. The quantitative estimate of drug-likeness (QED) is 0.340. The smallest absolute Gasteiger partial charge is 0.260 e. The van der Waals surface area contributed by atoms with Crippen LogP contribution in [0, 0.1) is 0 Å². The molecule has 0 radical (unpaired) electrons. The lowest BCUT2D eigenvalue weighted by atomic mass is 10.2. The minimum absolute atomic E-state index is 0.0716. The molecule has 1 aliphatic rings. The molecule has 176 valence electrons. The molecule has 0 spiro atoms. The first-order valence-corrected chi connectivity index (χ1v) is 13.4. The fraction of sp³-hybridized carbons (Fsp3) is 0.280. The highest BCUT2D eigenvalue weighted by molar-refractivity contribution is 7.89. The van der Waals surface area contributed by atoms with E-state index in [0.717, 1.165) is 29.5 Å². The number of carbonyl (C=O) groups is 1. The first kappa shape index (κ1) is 22.8. The summed E-state index contributed by atoms with van der Waals surface area (Å²) in [5, 5.41) is 0.565. The van der Waals surface area contributed by atoms with E-state index in [1.54, 1.807) is 36.4 Å². The van der Waals surface area contributed by atoms with Crippen molar-refractivity contribution in [2.45, 2.75) is 43.7 Å². The van der Waals surface area contributed by atoms with E-state index in [0.29, 0.717) is 16.5 Å². The number of hydrogen-bond acceptors (Lipinski definition) is 6. The molecule has 2 heterocycles. The molecule has 7 nitrogen and oxygen atoms in total. The number of sulfonamides is 1. The first-order chi connectivity index (χ1) is 16.4. The van der Waals surface area contributed by atoms with Crippen LogP contribution >= 0.6 is 11.3 Å². The van der Waals surface area contributed by atoms with E-state index in [1.165, 1.54) is 33.3 Å². The highest BCUT2D eigenvalue weighted by Crippen LogP contribution is 2.33. The average Bonchev–Trinajstić information content (AvgIpc) is 3.40. The van der Waals surface area contributed by atoms with Gasteiger partial charge in [-0.3, -0.25) is 9.69 Å². The lowest BCUT2D eigenvalue weighted by Gasteiger charge is -2.19. The van der Waals surface area contributed by atoms with Gasteiger partial charge in [0, 0.05) is 18.7 Å². The van der Waals surface area contributed by atoms with Crippen LogP contribution in [0.2, 0.25) is 0 Å². The van der Waals surface area contributed by atoms with E-state index in [2.05, 4.69) is 13.0 Å². The molecule has 1 fully saturated rings. The van der Waals surface area contributed by atoms with Gasteiger partial charge in [0.25, 0.3) is 5.91 Å². The van der Waals surface area contributed by atoms with Crippen LogP contribution in [0.15, 0.2) is 70.2 Å². The molecule has 9 heteroatoms. The third kappa shape index (κ3) is 4.38. The van der Waals surface area contributed by atoms with Gasteiger partial charge in [-0.2, -0.15) is 4.31 Å². The van der Waals surface area contributed by atoms with E-state index in [1.807, 2.05) is 18.2 Å². The maximum absolute atomic E-state index is 13.6. The standard InChI is InChI=1S/C25H25N3O4S2/c1-3-17-6-13-22-23(15-17)33-25(26-22)28(16-20-5-4-14-32-20)24(29)18-7-11-21(12-8-18)34(30,31)27(2)19-9-10-19/h4-8,11-15,19H,3,9-10,16H2,1-2H3. The second-order valence-electron chi connectivity index (χ2n) is 8.40. The number of aryl methyl sites for hydroxylation is 1. The number of rotatable bonds is 8. The topological polar surface area (TPSA) is 83.7 Å². The van der Waals surface area contributed by atoms with Crippen LogP contribution in [0.3, 0.4) is 0 Å². The second-order valence-corrected chi connectivity index (χ2v) is 11.4. The summed E-state index contributed by atoms with van der Waals surface area (Å²) < 4.78 is 33.6. The zero-order valence-electron chi connectivity index (χ0n) is 19.0. The van der Waals surface area contributed by atoms with Gasteiger partial charge in [-0.1, -0.05) is 24.3 Å². The molecule has 2 aromatic carbocycles. The van der Waals surface area contributed by atoms with Crippen molar-refractivity contribution in [1.82, 2.24) is 9.29 Å². The molecule has 1 saturated carbocycles. The third-order valence-corrected chi connectivity index (χ3v) is 9.02. The van der Waals surface area contributed by atoms with Gasteiger partial charge in [-0.15, -0.1) is 0 Å². The van der Waals surface area contributed by atoms with Gasteiger partial charge >= 0.3 is 0 Å². The lowest BCUT2D eigenvalue weighted by molar-refractivity contribution is 0.0983. The van der Waals surface area contributed by atoms with Crippen LogP contribution in [0.4, 0.5) is 5.13 Å². The Balaban J connectivity index is 1.47. The van der Waals surface area contributed by atoms with Crippen LogP contribution in [-0.2, 0) is 23.0 Å². The molecule has 1 amide bonds. The van der Waals surface area contributed by atoms with Gasteiger partial charge in [0.05, 0.1) is 27.9 Å². The summed E-state index contributed by atoms with van der Waals surface area (Å²) in [4.78, 5) is 20.0. The van der Waals surface area contributed by atoms with Gasteiger partial charge in [0.1, 0.15) is 5.76 Å². The van der Waals surface area contributed by atoms with Gasteiger partial charge in [0.2, 0.25) is 10.0 Å². The van der Waals surface area contributed by atoms with Gasteiger partial charge in [0.15, 0.2) is 5.13 Å². The van der Waals surface area contributed by atoms with Crippen LogP contribution in [0.5, 0.6) is 0 Å². The van der Waals surface area contributed by atoms with Gasteiger partial charge in [-0.25, -0.2) is 13.4 Å². The van der Waals surface area contributed by atoms with Crippen LogP contribution in [-0.4, -0.2) is 36.7 Å². The second kappa shape index (κ2) is 8.98. The molecule has 5 rings (SSSR count). The largest absolute Gasteiger partial charge is 0.467 e. The lowest BCUT2D eigenvalue weighted by Crippen LogP contribution is -2.31. The number of fused-ring (bicyclic) bond motifs is 1. The first-order valence-electron chi connectivity index (χ1n) is 11.2. The molecule has 0 N–H and O–H groups in total. The van der Waals surface area contributed by atoms with Crippen molar-refractivity contribution in [2.24, 2.45) is 0 Å². The third-order valence-electron chi connectivity index (χ3n) is 6.06. The Labute approximate surface area is 202 Å². The number of aromatic nitrogens is 1. The number of anilines is 1. The highest BCUT2D eigenvalue weighted by Gasteiger charge is 2.35. The number of carbonyl (C=O) groups excluding carboxylic acids is 1. The molecule has 34 heavy (non-hydrogen) atoms. The van der Waals surface area contributed by atoms with Crippen LogP contribution < -0.4 is 4.90 Å². The molecule has 0 atom stereocenters. The van der Waals surface area contributed by atoms with E-state index in [4.69, 9.17) is 9.40 Å². The van der Waals surface area contributed by atoms with Crippen molar-refractivity contribution in [1.29, 1.82) is 0 Å². The summed E-state index contributed by atoms with van der Waals surface area (Å²) >= 11 is 1.45. The number of amides is 1. The number of nitrogens with zero attached hydrogens (tertiary/aromatic N) is 3. The van der Waals surface area contributed by atoms with Crippen molar-refractivity contribution in [3.63, 3.8) is 0 Å². The molecule has 0 saturated heterocycles. The highest BCUT2D eigenvalue weighted by atomic mass is 32.2. The van der Waals surface area contributed by atoms with E-state index >= 15 is 0 Å². The minimum atomic E-state index is -3.57. The Morgan fingerprint density at radius 3 is 2.56 bits per heavy atom. The summed E-state index contributed by atoms with van der Waals surface area (Å²) in [6.07, 6.45) is 4.26. The molecule has 1 aliphatic carbocycles. The summed E-state index contributed by atoms with van der Waals surface area (Å²) in [6.45, 7) is 2.32. The zero-order valence-corrected chi connectivity index (χ0v) is 20.6. The number of furan rings is 1. The maximum atomic E-state index is 13.6. The fourth-order valence-corrected chi connectivity index (χ4v) is 6.25. The van der Waals surface area contributed by atoms with E-state index in [9.17, 15) is 13.2 Å². The van der Waals surface area contributed by atoms with Crippen molar-refractivity contribution >= 4 is 42.6 Å². The summed E-state index contributed by atoms with van der Waals surface area (Å²) in [7, 11) is -1.97. The molecular formula is C25H25N3O4S2. The molecule has 0 unspecified atom stereocenters. The minimum Gasteiger partial charge on any atom is -0.467 e. The zero-order chi connectivity index (χ0) is 23.9. The molecule has 0 aliphatic heterocycles. The van der Waals surface area contributed by atoms with Gasteiger partial charge < -0.3 is 4.42 Å². The fourth-order valence-electron chi connectivity index (χ4n) is 3.80. The SMILES string of the molecule is CCc1ccc2nc(N(Cc3ccco3)C(=O)c3ccc(S(=O)(=O)N(C)C4CC4)cc3)sc2c1. The molecule has 2 aromatic heterocycles. The Morgan fingerprint density at radius 1 is 1.15 bits per heavy atom.